The van der Waals surface area contributed by atoms with E-state index in [-0.39, 0.29) is 5.56 Å². The number of hydrogen-bond acceptors (Lipinski definition) is 0. The van der Waals surface area contributed by atoms with Crippen molar-refractivity contribution in [1.82, 2.24) is 0 Å². The van der Waals surface area contributed by atoms with Gasteiger partial charge < -0.3 is 0 Å². The molecule has 0 amide bonds. The molecule has 0 radical (unpaired) electrons. The van der Waals surface area contributed by atoms with Gasteiger partial charge in [0.05, 0.1) is 11.1 Å². The quantitative estimate of drug-likeness (QED) is 0.618. The van der Waals surface area contributed by atoms with E-state index in [1.165, 1.54) is 0 Å². The van der Waals surface area contributed by atoms with Crippen molar-refractivity contribution in [1.29, 1.82) is 0 Å². The maximum atomic E-state index is 12.8. The molecule has 0 atom stereocenters. The average Bonchev–Trinajstić information content (AvgIpc) is 2.25. The van der Waals surface area contributed by atoms with Crippen molar-refractivity contribution in [3.05, 3.63) is 34.9 Å². The normalized spacial score (nSPS) is 13.7. The standard InChI is InChI=1S/C14H16F6/c1-4-7-12(2,3)9-5-6-10(13(15,16)17)11(8-9)14(18,19)20/h5-6,8H,4,7H2,1-3H3. The molecule has 0 aromatic heterocycles. The first-order chi connectivity index (χ1) is 8.89. The number of alkyl halides is 6. The SMILES string of the molecule is CCCC(C)(C)c1ccc(C(F)(F)F)c(C(F)(F)F)c1. The van der Waals surface area contributed by atoms with E-state index in [0.717, 1.165) is 12.5 Å². The van der Waals surface area contributed by atoms with Gasteiger partial charge in [-0.1, -0.05) is 33.3 Å². The molecule has 114 valence electrons. The maximum Gasteiger partial charge on any atom is 0.417 e. The van der Waals surface area contributed by atoms with Gasteiger partial charge in [0.15, 0.2) is 0 Å². The van der Waals surface area contributed by atoms with Crippen molar-refractivity contribution in [3.63, 3.8) is 0 Å². The zero-order valence-corrected chi connectivity index (χ0v) is 11.4. The third-order valence-electron chi connectivity index (χ3n) is 3.29. The molecule has 0 aliphatic carbocycles. The minimum atomic E-state index is -5.02. The van der Waals surface area contributed by atoms with Crippen LogP contribution in [0.15, 0.2) is 18.2 Å². The highest BCUT2D eigenvalue weighted by atomic mass is 19.4. The molecule has 1 rings (SSSR count). The molecule has 0 fully saturated rings. The summed E-state index contributed by atoms with van der Waals surface area (Å²) in [6, 6.07) is 2.28. The molecule has 0 aliphatic rings. The zero-order chi connectivity index (χ0) is 15.8. The molecular weight excluding hydrogens is 282 g/mol. The molecule has 20 heavy (non-hydrogen) atoms. The molecule has 0 spiro atoms. The van der Waals surface area contributed by atoms with E-state index < -0.39 is 28.9 Å². The molecule has 0 saturated heterocycles. The van der Waals surface area contributed by atoms with Crippen LogP contribution >= 0.6 is 0 Å². The predicted molar refractivity (Wildman–Crippen MR) is 64.4 cm³/mol. The van der Waals surface area contributed by atoms with E-state index in [9.17, 15) is 26.3 Å². The van der Waals surface area contributed by atoms with E-state index in [1.807, 2.05) is 6.92 Å². The van der Waals surface area contributed by atoms with Gasteiger partial charge in [-0.15, -0.1) is 0 Å². The van der Waals surface area contributed by atoms with E-state index >= 15 is 0 Å². The molecule has 0 nitrogen and oxygen atoms in total. The lowest BCUT2D eigenvalue weighted by molar-refractivity contribution is -0.162. The molecule has 0 bridgehead atoms. The first kappa shape index (κ1) is 16.9. The van der Waals surface area contributed by atoms with Gasteiger partial charge in [0.1, 0.15) is 0 Å². The summed E-state index contributed by atoms with van der Waals surface area (Å²) < 4.78 is 76.5. The highest BCUT2D eigenvalue weighted by Gasteiger charge is 2.43. The van der Waals surface area contributed by atoms with E-state index in [4.69, 9.17) is 0 Å². The summed E-state index contributed by atoms with van der Waals surface area (Å²) in [7, 11) is 0. The number of benzene rings is 1. The second-order valence-electron chi connectivity index (χ2n) is 5.39. The third-order valence-corrected chi connectivity index (χ3v) is 3.29. The molecule has 1 aromatic rings. The fourth-order valence-electron chi connectivity index (χ4n) is 2.22. The van der Waals surface area contributed by atoms with Crippen molar-refractivity contribution >= 4 is 0 Å². The Bertz CT molecular complexity index is 468. The number of hydrogen-bond donors (Lipinski definition) is 0. The van der Waals surface area contributed by atoms with Gasteiger partial charge in [-0.25, -0.2) is 0 Å². The van der Waals surface area contributed by atoms with Crippen molar-refractivity contribution in [3.8, 4) is 0 Å². The highest BCUT2D eigenvalue weighted by molar-refractivity contribution is 5.39. The Kier molecular flexibility index (Phi) is 4.46. The molecule has 0 heterocycles. The van der Waals surface area contributed by atoms with Gasteiger partial charge in [-0.05, 0) is 29.5 Å². The molecule has 0 unspecified atom stereocenters. The fraction of sp³-hybridized carbons (Fsp3) is 0.571. The monoisotopic (exact) mass is 298 g/mol. The van der Waals surface area contributed by atoms with Crippen LogP contribution in [-0.4, -0.2) is 0 Å². The van der Waals surface area contributed by atoms with Crippen LogP contribution in [-0.2, 0) is 17.8 Å². The third kappa shape index (κ3) is 3.67. The molecular formula is C14H16F6. The topological polar surface area (TPSA) is 0 Å². The Morgan fingerprint density at radius 2 is 1.35 bits per heavy atom. The van der Waals surface area contributed by atoms with E-state index in [2.05, 4.69) is 0 Å². The van der Waals surface area contributed by atoms with Crippen LogP contribution in [0.2, 0.25) is 0 Å². The van der Waals surface area contributed by atoms with Crippen LogP contribution in [0.5, 0.6) is 0 Å². The van der Waals surface area contributed by atoms with Crippen LogP contribution in [0.4, 0.5) is 26.3 Å². The summed E-state index contributed by atoms with van der Waals surface area (Å²) in [6.07, 6.45) is -8.72. The van der Waals surface area contributed by atoms with Crippen molar-refractivity contribution < 1.29 is 26.3 Å². The Morgan fingerprint density at radius 3 is 1.75 bits per heavy atom. The van der Waals surface area contributed by atoms with Crippen molar-refractivity contribution in [2.75, 3.05) is 0 Å². The van der Waals surface area contributed by atoms with Gasteiger partial charge in [0, 0.05) is 0 Å². The van der Waals surface area contributed by atoms with E-state index in [0.29, 0.717) is 18.6 Å². The van der Waals surface area contributed by atoms with Crippen LogP contribution in [0.25, 0.3) is 0 Å². The minimum Gasteiger partial charge on any atom is -0.166 e. The summed E-state index contributed by atoms with van der Waals surface area (Å²) >= 11 is 0. The lowest BCUT2D eigenvalue weighted by Gasteiger charge is -2.27. The summed E-state index contributed by atoms with van der Waals surface area (Å²) in [4.78, 5) is 0. The summed E-state index contributed by atoms with van der Waals surface area (Å²) in [5, 5.41) is 0. The second-order valence-corrected chi connectivity index (χ2v) is 5.39. The largest absolute Gasteiger partial charge is 0.417 e. The van der Waals surface area contributed by atoms with Crippen molar-refractivity contribution in [2.24, 2.45) is 0 Å². The molecule has 6 heteroatoms. The Morgan fingerprint density at radius 1 is 0.850 bits per heavy atom. The van der Waals surface area contributed by atoms with Crippen LogP contribution < -0.4 is 0 Å². The first-order valence-corrected chi connectivity index (χ1v) is 6.18. The number of halogens is 6. The summed E-state index contributed by atoms with van der Waals surface area (Å²) in [6.45, 7) is 5.31. The van der Waals surface area contributed by atoms with Gasteiger partial charge in [-0.2, -0.15) is 26.3 Å². The molecule has 0 aliphatic heterocycles. The molecule has 0 N–H and O–H groups in total. The van der Waals surface area contributed by atoms with Gasteiger partial charge in [-0.3, -0.25) is 0 Å². The van der Waals surface area contributed by atoms with Crippen LogP contribution in [0, 0.1) is 0 Å². The lowest BCUT2D eigenvalue weighted by atomic mass is 9.79. The molecule has 0 saturated carbocycles. The van der Waals surface area contributed by atoms with Crippen LogP contribution in [0.1, 0.15) is 50.3 Å². The Labute approximate surface area is 113 Å². The first-order valence-electron chi connectivity index (χ1n) is 6.18. The van der Waals surface area contributed by atoms with E-state index in [1.54, 1.807) is 13.8 Å². The maximum absolute atomic E-state index is 12.8. The Hall–Kier alpha value is -1.20. The second kappa shape index (κ2) is 5.30. The predicted octanol–water partition coefficient (Wildman–Crippen LogP) is 5.80. The zero-order valence-electron chi connectivity index (χ0n) is 11.4. The lowest BCUT2D eigenvalue weighted by Crippen LogP contribution is -2.21. The Balaban J connectivity index is 3.44. The van der Waals surface area contributed by atoms with Gasteiger partial charge in [0.25, 0.3) is 0 Å². The van der Waals surface area contributed by atoms with Gasteiger partial charge >= 0.3 is 12.4 Å². The number of rotatable bonds is 3. The average molecular weight is 298 g/mol. The fourth-order valence-corrected chi connectivity index (χ4v) is 2.22. The molecule has 1 aromatic carbocycles. The minimum absolute atomic E-state index is 0.264. The highest BCUT2D eigenvalue weighted by Crippen LogP contribution is 2.42. The smallest absolute Gasteiger partial charge is 0.166 e. The summed E-state index contributed by atoms with van der Waals surface area (Å²) in [5.41, 5.74) is -3.59. The van der Waals surface area contributed by atoms with Gasteiger partial charge in [0.2, 0.25) is 0 Å². The van der Waals surface area contributed by atoms with Crippen molar-refractivity contribution in [2.45, 2.75) is 51.4 Å². The van der Waals surface area contributed by atoms with Crippen LogP contribution in [0.3, 0.4) is 0 Å². The summed E-state index contributed by atoms with van der Waals surface area (Å²) in [5.74, 6) is 0.